The van der Waals surface area contributed by atoms with Crippen molar-refractivity contribution in [3.05, 3.63) is 17.5 Å². The lowest BCUT2D eigenvalue weighted by Crippen LogP contribution is -2.46. The van der Waals surface area contributed by atoms with Gasteiger partial charge in [0.05, 0.1) is 12.7 Å². The summed E-state index contributed by atoms with van der Waals surface area (Å²) in [6.45, 7) is 2.37. The van der Waals surface area contributed by atoms with Crippen molar-refractivity contribution in [1.82, 2.24) is 20.4 Å². The summed E-state index contributed by atoms with van der Waals surface area (Å²) in [4.78, 5) is 32.7. The number of carboxylic acids is 1. The molecule has 3 heterocycles. The van der Waals surface area contributed by atoms with Crippen LogP contribution in [-0.2, 0) is 16.1 Å². The molecule has 0 saturated carbocycles. The Kier molecular flexibility index (Phi) is 5.16. The third-order valence-corrected chi connectivity index (χ3v) is 3.96. The van der Waals surface area contributed by atoms with Crippen molar-refractivity contribution in [3.63, 3.8) is 0 Å². The summed E-state index contributed by atoms with van der Waals surface area (Å²) in [5, 5.41) is 24.9. The number of aromatic nitrogens is 2. The molecule has 0 aromatic carbocycles. The molecule has 2 aliphatic rings. The van der Waals surface area contributed by atoms with Gasteiger partial charge in [0.15, 0.2) is 0 Å². The Balaban J connectivity index is 0.000000595. The number of hydrogen-bond donors (Lipinski definition) is 4. The number of H-pyrrole nitrogens is 1. The first-order chi connectivity index (χ1) is 11.0. The minimum absolute atomic E-state index is 0.138. The van der Waals surface area contributed by atoms with Crippen LogP contribution in [0.4, 0.5) is 4.79 Å². The maximum absolute atomic E-state index is 11.1. The van der Waals surface area contributed by atoms with Crippen molar-refractivity contribution in [1.29, 1.82) is 0 Å². The predicted molar refractivity (Wildman–Crippen MR) is 76.0 cm³/mol. The number of likely N-dealkylation sites (tertiary alicyclic amines) is 1. The van der Waals surface area contributed by atoms with Gasteiger partial charge in [0.2, 0.25) is 0 Å². The summed E-state index contributed by atoms with van der Waals surface area (Å²) < 4.78 is 5.35. The summed E-state index contributed by atoms with van der Waals surface area (Å²) in [6.07, 6.45) is 2.71. The topological polar surface area (TPSA) is 145 Å². The first kappa shape index (κ1) is 16.7. The number of amides is 1. The summed E-state index contributed by atoms with van der Waals surface area (Å²) in [6, 6.07) is 0. The second kappa shape index (κ2) is 7.09. The largest absolute Gasteiger partial charge is 0.483 e. The fourth-order valence-corrected chi connectivity index (χ4v) is 2.76. The molecule has 0 unspecified atom stereocenters. The molecule has 0 atom stereocenters. The van der Waals surface area contributed by atoms with Gasteiger partial charge in [-0.2, -0.15) is 5.10 Å². The Morgan fingerprint density at radius 2 is 2.13 bits per heavy atom. The van der Waals surface area contributed by atoms with Gasteiger partial charge in [0.1, 0.15) is 11.3 Å². The molecule has 4 N–H and O–H groups in total. The minimum Gasteiger partial charge on any atom is -0.483 e. The van der Waals surface area contributed by atoms with Crippen LogP contribution in [0, 0.1) is 0 Å². The number of rotatable bonds is 3. The van der Waals surface area contributed by atoms with Gasteiger partial charge in [-0.1, -0.05) is 0 Å². The third-order valence-electron chi connectivity index (χ3n) is 3.96. The first-order valence-electron chi connectivity index (χ1n) is 7.02. The van der Waals surface area contributed by atoms with Crippen molar-refractivity contribution < 1.29 is 29.3 Å². The second-order valence-corrected chi connectivity index (χ2v) is 5.38. The van der Waals surface area contributed by atoms with E-state index < -0.39 is 5.97 Å². The molecule has 0 bridgehead atoms. The Bertz CT molecular complexity index is 579. The van der Waals surface area contributed by atoms with Crippen LogP contribution in [0.2, 0.25) is 0 Å². The number of alkyl carbamates (subject to hydrolysis) is 1. The van der Waals surface area contributed by atoms with Gasteiger partial charge < -0.3 is 20.3 Å². The van der Waals surface area contributed by atoms with Crippen molar-refractivity contribution in [2.45, 2.75) is 25.0 Å². The van der Waals surface area contributed by atoms with E-state index in [2.05, 4.69) is 20.4 Å². The predicted octanol–water partition coefficient (Wildman–Crippen LogP) is -0.117. The van der Waals surface area contributed by atoms with Gasteiger partial charge in [-0.3, -0.25) is 14.8 Å². The fourth-order valence-electron chi connectivity index (χ4n) is 2.76. The average molecular weight is 326 g/mol. The highest BCUT2D eigenvalue weighted by molar-refractivity contribution is 5.86. The molecule has 0 aliphatic carbocycles. The lowest BCUT2D eigenvalue weighted by Gasteiger charge is -2.37. The van der Waals surface area contributed by atoms with E-state index in [-0.39, 0.29) is 23.9 Å². The molecule has 1 aromatic heterocycles. The fraction of sp³-hybridized carbons (Fsp3) is 0.538. The van der Waals surface area contributed by atoms with Crippen LogP contribution in [0.25, 0.3) is 0 Å². The Morgan fingerprint density at radius 3 is 2.65 bits per heavy atom. The molecule has 1 aromatic rings. The molecule has 0 radical (unpaired) electrons. The number of aromatic amines is 1. The van der Waals surface area contributed by atoms with Crippen LogP contribution in [0.1, 0.15) is 28.9 Å². The zero-order valence-corrected chi connectivity index (χ0v) is 12.3. The zero-order valence-electron chi connectivity index (χ0n) is 12.3. The summed E-state index contributed by atoms with van der Waals surface area (Å²) in [7, 11) is 0. The highest BCUT2D eigenvalue weighted by Gasteiger charge is 2.42. The number of nitrogens with one attached hydrogen (secondary N) is 2. The monoisotopic (exact) mass is 326 g/mol. The molecule has 2 fully saturated rings. The molecule has 10 heteroatoms. The van der Waals surface area contributed by atoms with E-state index in [0.29, 0.717) is 18.7 Å². The minimum atomic E-state index is -1.00. The number of hydrogen-bond acceptors (Lipinski definition) is 6. The zero-order chi connectivity index (χ0) is 16.9. The SMILES string of the molecule is O=C1NCC2(CCN(Cc3cn[nH]c3C(=O)O)CC2)O1.O=CO. The molecule has 1 spiro atoms. The number of carbonyl (C=O) groups is 3. The summed E-state index contributed by atoms with van der Waals surface area (Å²) in [5.74, 6) is -1.00. The lowest BCUT2D eigenvalue weighted by molar-refractivity contribution is -0.122. The molecular weight excluding hydrogens is 308 g/mol. The van der Waals surface area contributed by atoms with Crippen molar-refractivity contribution >= 4 is 18.5 Å². The number of ether oxygens (including phenoxy) is 1. The quantitative estimate of drug-likeness (QED) is 0.563. The molecular formula is C13H18N4O6. The van der Waals surface area contributed by atoms with Crippen LogP contribution in [0.15, 0.2) is 6.20 Å². The van der Waals surface area contributed by atoms with Gasteiger partial charge in [-0.05, 0) is 0 Å². The van der Waals surface area contributed by atoms with Crippen molar-refractivity contribution in [3.8, 4) is 0 Å². The maximum Gasteiger partial charge on any atom is 0.407 e. The Hall–Kier alpha value is -2.62. The van der Waals surface area contributed by atoms with E-state index in [0.717, 1.165) is 25.9 Å². The van der Waals surface area contributed by atoms with Crippen LogP contribution in [0.5, 0.6) is 0 Å². The maximum atomic E-state index is 11.1. The molecule has 1 amide bonds. The molecule has 2 aliphatic heterocycles. The normalized spacial score (nSPS) is 19.4. The van der Waals surface area contributed by atoms with Crippen molar-refractivity contribution in [2.75, 3.05) is 19.6 Å². The highest BCUT2D eigenvalue weighted by atomic mass is 16.6. The van der Waals surface area contributed by atoms with Crippen LogP contribution >= 0.6 is 0 Å². The number of nitrogens with zero attached hydrogens (tertiary/aromatic N) is 2. The third kappa shape index (κ3) is 3.97. The van der Waals surface area contributed by atoms with E-state index >= 15 is 0 Å². The summed E-state index contributed by atoms with van der Waals surface area (Å²) >= 11 is 0. The average Bonchev–Trinajstić information content (AvgIpc) is 3.10. The number of piperidine rings is 1. The second-order valence-electron chi connectivity index (χ2n) is 5.38. The van der Waals surface area contributed by atoms with Crippen molar-refractivity contribution in [2.24, 2.45) is 0 Å². The van der Waals surface area contributed by atoms with Gasteiger partial charge in [-0.25, -0.2) is 9.59 Å². The standard InChI is InChI=1S/C12H16N4O4.CH2O2/c17-10(18)9-8(5-14-15-9)6-16-3-1-12(2-4-16)7-13-11(19)20-12;2-1-3/h5H,1-4,6-7H2,(H,13,19)(H,14,15)(H,17,18);1H,(H,2,3). The number of carbonyl (C=O) groups excluding carboxylic acids is 1. The van der Waals surface area contributed by atoms with Gasteiger partial charge in [-0.15, -0.1) is 0 Å². The smallest absolute Gasteiger partial charge is 0.407 e. The van der Waals surface area contributed by atoms with E-state index in [1.807, 2.05) is 0 Å². The number of aromatic carboxylic acids is 1. The number of carboxylic acid groups (broad SMARTS) is 2. The van der Waals surface area contributed by atoms with E-state index in [1.54, 1.807) is 6.20 Å². The van der Waals surface area contributed by atoms with E-state index in [4.69, 9.17) is 19.7 Å². The highest BCUT2D eigenvalue weighted by Crippen LogP contribution is 2.29. The lowest BCUT2D eigenvalue weighted by atomic mass is 9.91. The van der Waals surface area contributed by atoms with Gasteiger partial charge in [0, 0.05) is 38.0 Å². The van der Waals surface area contributed by atoms with Gasteiger partial charge >= 0.3 is 12.1 Å². The molecule has 126 valence electrons. The first-order valence-corrected chi connectivity index (χ1v) is 7.02. The van der Waals surface area contributed by atoms with E-state index in [1.165, 1.54) is 0 Å². The van der Waals surface area contributed by atoms with Crippen LogP contribution in [0.3, 0.4) is 0 Å². The molecule has 2 saturated heterocycles. The Morgan fingerprint density at radius 1 is 1.48 bits per heavy atom. The molecule has 23 heavy (non-hydrogen) atoms. The van der Waals surface area contributed by atoms with Crippen LogP contribution in [-0.4, -0.2) is 69.1 Å². The molecule has 3 rings (SSSR count). The van der Waals surface area contributed by atoms with Gasteiger partial charge in [0.25, 0.3) is 6.47 Å². The van der Waals surface area contributed by atoms with E-state index in [9.17, 15) is 9.59 Å². The summed E-state index contributed by atoms with van der Waals surface area (Å²) in [5.41, 5.74) is 0.439. The molecule has 10 nitrogen and oxygen atoms in total. The Labute approximate surface area is 131 Å². The van der Waals surface area contributed by atoms with Crippen LogP contribution < -0.4 is 5.32 Å².